The molecule has 0 fully saturated rings. The molecule has 28 heavy (non-hydrogen) atoms. The minimum Gasteiger partial charge on any atom is -0.493 e. The molecule has 0 aliphatic heterocycles. The number of ether oxygens (including phenoxy) is 3. The zero-order valence-electron chi connectivity index (χ0n) is 15.9. The molecule has 0 radical (unpaired) electrons. The lowest BCUT2D eigenvalue weighted by atomic mass is 10.2. The summed E-state index contributed by atoms with van der Waals surface area (Å²) in [6.45, 7) is 1.98. The summed E-state index contributed by atoms with van der Waals surface area (Å²) in [5.74, 6) is 1.78. The van der Waals surface area contributed by atoms with Crippen LogP contribution in [0.4, 0.5) is 11.5 Å². The SMILES string of the molecule is COc1cc2nc(Nc3c(C)cccc3Cl)c3cnc(OC)n3c2cc1OC. The second-order valence-electron chi connectivity index (χ2n) is 6.18. The lowest BCUT2D eigenvalue weighted by Gasteiger charge is -2.15. The molecular weight excluding hydrogens is 380 g/mol. The summed E-state index contributed by atoms with van der Waals surface area (Å²) in [6.07, 6.45) is 1.70. The minimum absolute atomic E-state index is 0.438. The largest absolute Gasteiger partial charge is 0.493 e. The van der Waals surface area contributed by atoms with Crippen LogP contribution < -0.4 is 19.5 Å². The van der Waals surface area contributed by atoms with E-state index in [4.69, 9.17) is 30.8 Å². The fourth-order valence-electron chi connectivity index (χ4n) is 3.18. The van der Waals surface area contributed by atoms with Crippen LogP contribution in [0.3, 0.4) is 0 Å². The number of methoxy groups -OCH3 is 3. The van der Waals surface area contributed by atoms with Crippen LogP contribution in [0.15, 0.2) is 36.5 Å². The zero-order chi connectivity index (χ0) is 19.8. The zero-order valence-corrected chi connectivity index (χ0v) is 16.7. The Morgan fingerprint density at radius 2 is 1.75 bits per heavy atom. The number of hydrogen-bond acceptors (Lipinski definition) is 6. The molecule has 0 unspecified atom stereocenters. The van der Waals surface area contributed by atoms with Gasteiger partial charge in [-0.05, 0) is 18.6 Å². The van der Waals surface area contributed by atoms with Crippen molar-refractivity contribution < 1.29 is 14.2 Å². The van der Waals surface area contributed by atoms with Crippen LogP contribution in [0.1, 0.15) is 5.56 Å². The van der Waals surface area contributed by atoms with Crippen molar-refractivity contribution in [1.82, 2.24) is 14.4 Å². The molecule has 0 spiro atoms. The van der Waals surface area contributed by atoms with E-state index in [0.29, 0.717) is 33.9 Å². The number of nitrogens with zero attached hydrogens (tertiary/aromatic N) is 3. The van der Waals surface area contributed by atoms with E-state index in [9.17, 15) is 0 Å². The third-order valence-corrected chi connectivity index (χ3v) is 4.89. The van der Waals surface area contributed by atoms with Crippen LogP contribution in [0, 0.1) is 6.92 Å². The van der Waals surface area contributed by atoms with E-state index in [1.165, 1.54) is 0 Å². The fraction of sp³-hybridized carbons (Fsp3) is 0.200. The van der Waals surface area contributed by atoms with Gasteiger partial charge in [0.15, 0.2) is 17.3 Å². The summed E-state index contributed by atoms with van der Waals surface area (Å²) < 4.78 is 18.2. The van der Waals surface area contributed by atoms with Gasteiger partial charge in [0.25, 0.3) is 0 Å². The fourth-order valence-corrected chi connectivity index (χ4v) is 3.45. The van der Waals surface area contributed by atoms with Crippen LogP contribution >= 0.6 is 11.6 Å². The maximum absolute atomic E-state index is 6.39. The smallest absolute Gasteiger partial charge is 0.301 e. The van der Waals surface area contributed by atoms with Crippen LogP contribution in [0.5, 0.6) is 17.5 Å². The predicted octanol–water partition coefficient (Wildman–Crippen LogP) is 4.61. The Labute approximate surface area is 166 Å². The van der Waals surface area contributed by atoms with Crippen molar-refractivity contribution in [1.29, 1.82) is 0 Å². The number of hydrogen-bond donors (Lipinski definition) is 1. The van der Waals surface area contributed by atoms with Crippen molar-refractivity contribution >= 4 is 39.7 Å². The number of aromatic nitrogens is 3. The van der Waals surface area contributed by atoms with Gasteiger partial charge < -0.3 is 19.5 Å². The molecule has 0 aliphatic rings. The predicted molar refractivity (Wildman–Crippen MR) is 110 cm³/mol. The molecule has 0 saturated carbocycles. The maximum atomic E-state index is 6.39. The van der Waals surface area contributed by atoms with Gasteiger partial charge in [-0.1, -0.05) is 23.7 Å². The summed E-state index contributed by atoms with van der Waals surface area (Å²) in [5.41, 5.74) is 4.01. The van der Waals surface area contributed by atoms with Crippen molar-refractivity contribution in [3.05, 3.63) is 47.1 Å². The molecule has 144 valence electrons. The molecule has 7 nitrogen and oxygen atoms in total. The summed E-state index contributed by atoms with van der Waals surface area (Å²) in [6, 6.07) is 9.83. The maximum Gasteiger partial charge on any atom is 0.301 e. The first-order valence-electron chi connectivity index (χ1n) is 8.56. The molecule has 4 rings (SSSR count). The molecule has 8 heteroatoms. The van der Waals surface area contributed by atoms with Gasteiger partial charge in [-0.3, -0.25) is 4.40 Å². The third kappa shape index (κ3) is 2.84. The van der Waals surface area contributed by atoms with Gasteiger partial charge in [-0.15, -0.1) is 0 Å². The second kappa shape index (κ2) is 7.09. The Bertz CT molecular complexity index is 1170. The molecule has 2 heterocycles. The Balaban J connectivity index is 2.02. The number of anilines is 2. The standard InChI is InChI=1S/C20H19ClN4O3/c1-11-6-5-7-12(21)18(11)24-19-15-10-22-20(28-4)25(15)14-9-17(27-3)16(26-2)8-13(14)23-19/h5-10H,1-4H3,(H,23,24). The summed E-state index contributed by atoms with van der Waals surface area (Å²) in [5, 5.41) is 3.96. The first-order valence-corrected chi connectivity index (χ1v) is 8.94. The van der Waals surface area contributed by atoms with Gasteiger partial charge in [0.05, 0.1) is 49.3 Å². The Kier molecular flexibility index (Phi) is 4.60. The van der Waals surface area contributed by atoms with Crippen LogP contribution in [-0.2, 0) is 0 Å². The molecule has 1 N–H and O–H groups in total. The van der Waals surface area contributed by atoms with Crippen molar-refractivity contribution in [2.75, 3.05) is 26.6 Å². The van der Waals surface area contributed by atoms with Gasteiger partial charge in [0.1, 0.15) is 5.52 Å². The molecule has 2 aromatic carbocycles. The Morgan fingerprint density at radius 3 is 2.43 bits per heavy atom. The molecular formula is C20H19ClN4O3. The van der Waals surface area contributed by atoms with Gasteiger partial charge >= 0.3 is 6.01 Å². The van der Waals surface area contributed by atoms with Crippen molar-refractivity contribution in [3.63, 3.8) is 0 Å². The first-order chi connectivity index (χ1) is 13.6. The molecule has 0 bridgehead atoms. The number of para-hydroxylation sites is 1. The summed E-state index contributed by atoms with van der Waals surface area (Å²) in [4.78, 5) is 9.16. The first kappa shape index (κ1) is 18.2. The van der Waals surface area contributed by atoms with E-state index in [-0.39, 0.29) is 0 Å². The molecule has 2 aromatic heterocycles. The Hall–Kier alpha value is -3.19. The minimum atomic E-state index is 0.438. The lowest BCUT2D eigenvalue weighted by Crippen LogP contribution is -2.03. The van der Waals surface area contributed by atoms with Crippen LogP contribution in [0.2, 0.25) is 5.02 Å². The number of halogens is 1. The highest BCUT2D eigenvalue weighted by atomic mass is 35.5. The number of aryl methyl sites for hydroxylation is 1. The Morgan fingerprint density at radius 1 is 1.00 bits per heavy atom. The molecule has 0 atom stereocenters. The average molecular weight is 399 g/mol. The highest BCUT2D eigenvalue weighted by Gasteiger charge is 2.18. The lowest BCUT2D eigenvalue weighted by molar-refractivity contribution is 0.355. The van der Waals surface area contributed by atoms with Crippen LogP contribution in [-0.4, -0.2) is 35.7 Å². The van der Waals surface area contributed by atoms with Gasteiger partial charge in [0.2, 0.25) is 0 Å². The van der Waals surface area contributed by atoms with E-state index in [0.717, 1.165) is 22.3 Å². The highest BCUT2D eigenvalue weighted by molar-refractivity contribution is 6.33. The van der Waals surface area contributed by atoms with E-state index in [2.05, 4.69) is 10.3 Å². The molecule has 0 saturated heterocycles. The van der Waals surface area contributed by atoms with E-state index in [1.54, 1.807) is 27.5 Å². The second-order valence-corrected chi connectivity index (χ2v) is 6.59. The average Bonchev–Trinajstić information content (AvgIpc) is 3.14. The number of imidazole rings is 1. The molecule has 0 amide bonds. The van der Waals surface area contributed by atoms with Crippen molar-refractivity contribution in [3.8, 4) is 17.5 Å². The number of fused-ring (bicyclic) bond motifs is 3. The monoisotopic (exact) mass is 398 g/mol. The summed E-state index contributed by atoms with van der Waals surface area (Å²) in [7, 11) is 4.76. The normalized spacial score (nSPS) is 11.0. The van der Waals surface area contributed by atoms with Gasteiger partial charge in [-0.25, -0.2) is 9.97 Å². The number of benzene rings is 2. The number of rotatable bonds is 5. The van der Waals surface area contributed by atoms with Crippen LogP contribution in [0.25, 0.3) is 16.6 Å². The van der Waals surface area contributed by atoms with Crippen molar-refractivity contribution in [2.45, 2.75) is 6.92 Å². The van der Waals surface area contributed by atoms with E-state index >= 15 is 0 Å². The topological polar surface area (TPSA) is 69.9 Å². The number of nitrogens with one attached hydrogen (secondary N) is 1. The highest BCUT2D eigenvalue weighted by Crippen LogP contribution is 2.36. The van der Waals surface area contributed by atoms with E-state index < -0.39 is 0 Å². The third-order valence-electron chi connectivity index (χ3n) is 4.57. The quantitative estimate of drug-likeness (QED) is 0.529. The summed E-state index contributed by atoms with van der Waals surface area (Å²) >= 11 is 6.39. The van der Waals surface area contributed by atoms with E-state index in [1.807, 2.05) is 41.7 Å². The van der Waals surface area contributed by atoms with Gasteiger partial charge in [-0.2, -0.15) is 0 Å². The van der Waals surface area contributed by atoms with Gasteiger partial charge in [0, 0.05) is 12.1 Å². The molecule has 4 aromatic rings. The van der Waals surface area contributed by atoms with Crippen molar-refractivity contribution in [2.24, 2.45) is 0 Å². The molecule has 0 aliphatic carbocycles.